The number of aromatic amines is 1. The quantitative estimate of drug-likeness (QED) is 0.778. The molecule has 4 nitrogen and oxygen atoms in total. The van der Waals surface area contributed by atoms with E-state index < -0.39 is 0 Å². The van der Waals surface area contributed by atoms with Crippen LogP contribution in [0.25, 0.3) is 10.9 Å². The maximum atomic E-state index is 12.3. The second-order valence-electron chi connectivity index (χ2n) is 5.79. The van der Waals surface area contributed by atoms with Crippen molar-refractivity contribution >= 4 is 10.9 Å². The summed E-state index contributed by atoms with van der Waals surface area (Å²) in [6.45, 7) is 4.20. The summed E-state index contributed by atoms with van der Waals surface area (Å²) in [4.78, 5) is 19.7. The Kier molecular flexibility index (Phi) is 3.67. The molecule has 0 aliphatic carbocycles. The highest BCUT2D eigenvalue weighted by atomic mass is 16.3. The second-order valence-corrected chi connectivity index (χ2v) is 5.79. The fourth-order valence-electron chi connectivity index (χ4n) is 2.45. The number of aromatic hydroxyl groups is 1. The number of nitrogens with zero attached hydrogens (tertiary/aromatic N) is 1. The molecule has 2 N–H and O–H groups in total. The minimum absolute atomic E-state index is 0.110. The molecular formula is C18H18N2O2. The van der Waals surface area contributed by atoms with Crippen LogP contribution in [-0.4, -0.2) is 15.1 Å². The van der Waals surface area contributed by atoms with Crippen molar-refractivity contribution < 1.29 is 5.11 Å². The van der Waals surface area contributed by atoms with Crippen LogP contribution in [0.2, 0.25) is 0 Å². The largest absolute Gasteiger partial charge is 0.508 e. The molecule has 0 aliphatic heterocycles. The molecule has 0 saturated carbocycles. The molecule has 0 spiro atoms. The highest BCUT2D eigenvalue weighted by Crippen LogP contribution is 2.18. The summed E-state index contributed by atoms with van der Waals surface area (Å²) < 4.78 is 0. The number of rotatable bonds is 3. The second kappa shape index (κ2) is 5.64. The Morgan fingerprint density at radius 3 is 2.55 bits per heavy atom. The molecule has 2 aromatic carbocycles. The molecule has 0 bridgehead atoms. The summed E-state index contributed by atoms with van der Waals surface area (Å²) in [5.41, 5.74) is 2.72. The minimum atomic E-state index is -0.110. The van der Waals surface area contributed by atoms with Crippen molar-refractivity contribution in [2.45, 2.75) is 26.2 Å². The van der Waals surface area contributed by atoms with Crippen LogP contribution >= 0.6 is 0 Å². The summed E-state index contributed by atoms with van der Waals surface area (Å²) in [5.74, 6) is 1.23. The van der Waals surface area contributed by atoms with Gasteiger partial charge in [-0.3, -0.25) is 4.79 Å². The lowest BCUT2D eigenvalue weighted by Gasteiger charge is -2.07. The lowest BCUT2D eigenvalue weighted by atomic mass is 10.0. The van der Waals surface area contributed by atoms with Gasteiger partial charge in [-0.15, -0.1) is 0 Å². The molecule has 0 aliphatic rings. The zero-order chi connectivity index (χ0) is 15.7. The van der Waals surface area contributed by atoms with E-state index in [2.05, 4.69) is 23.8 Å². The molecule has 0 radical (unpaired) electrons. The number of fused-ring (bicyclic) bond motifs is 1. The third-order valence-corrected chi connectivity index (χ3v) is 3.75. The first-order valence-electron chi connectivity index (χ1n) is 7.33. The Hall–Kier alpha value is -2.62. The van der Waals surface area contributed by atoms with Gasteiger partial charge in [-0.2, -0.15) is 0 Å². The topological polar surface area (TPSA) is 66.0 Å². The number of H-pyrrole nitrogens is 1. The standard InChI is InChI=1S/C18H18N2O2/c1-11(2)13-5-8-16-15(10-13)18(22)20-17(19-16)9-12-3-6-14(21)7-4-12/h3-8,10-11,21H,9H2,1-2H3,(H,19,20,22). The van der Waals surface area contributed by atoms with Crippen LogP contribution in [0.15, 0.2) is 47.3 Å². The molecule has 1 heterocycles. The predicted octanol–water partition coefficient (Wildman–Crippen LogP) is 3.34. The first kappa shape index (κ1) is 14.3. The van der Waals surface area contributed by atoms with Crippen molar-refractivity contribution in [1.82, 2.24) is 9.97 Å². The summed E-state index contributed by atoms with van der Waals surface area (Å²) in [6.07, 6.45) is 0.525. The maximum absolute atomic E-state index is 12.3. The molecule has 1 aromatic heterocycles. The number of phenols is 1. The van der Waals surface area contributed by atoms with Crippen molar-refractivity contribution in [3.8, 4) is 5.75 Å². The molecule has 0 amide bonds. The Morgan fingerprint density at radius 1 is 1.14 bits per heavy atom. The molecule has 0 saturated heterocycles. The predicted molar refractivity (Wildman–Crippen MR) is 87.4 cm³/mol. The van der Waals surface area contributed by atoms with Gasteiger partial charge >= 0.3 is 0 Å². The normalized spacial score (nSPS) is 11.2. The monoisotopic (exact) mass is 294 g/mol. The molecule has 3 rings (SSSR count). The van der Waals surface area contributed by atoms with E-state index in [1.807, 2.05) is 30.3 Å². The van der Waals surface area contributed by atoms with Crippen LogP contribution < -0.4 is 5.56 Å². The van der Waals surface area contributed by atoms with Gasteiger partial charge in [-0.05, 0) is 41.3 Å². The van der Waals surface area contributed by atoms with Crippen LogP contribution in [0.4, 0.5) is 0 Å². The molecule has 112 valence electrons. The van der Waals surface area contributed by atoms with Crippen LogP contribution in [0.5, 0.6) is 5.75 Å². The SMILES string of the molecule is CC(C)c1ccc2nc(Cc3ccc(O)cc3)[nH]c(=O)c2c1. The highest BCUT2D eigenvalue weighted by Gasteiger charge is 2.07. The average molecular weight is 294 g/mol. The summed E-state index contributed by atoms with van der Waals surface area (Å²) in [5, 5.41) is 9.93. The number of hydrogen-bond acceptors (Lipinski definition) is 3. The van der Waals surface area contributed by atoms with Gasteiger partial charge in [0, 0.05) is 6.42 Å². The Labute approximate surface area is 128 Å². The Morgan fingerprint density at radius 2 is 1.86 bits per heavy atom. The molecule has 3 aromatic rings. The van der Waals surface area contributed by atoms with Gasteiger partial charge in [0.15, 0.2) is 0 Å². The molecular weight excluding hydrogens is 276 g/mol. The lowest BCUT2D eigenvalue weighted by molar-refractivity contribution is 0.475. The van der Waals surface area contributed by atoms with Gasteiger partial charge in [0.25, 0.3) is 5.56 Å². The van der Waals surface area contributed by atoms with Crippen LogP contribution in [0.3, 0.4) is 0 Å². The molecule has 22 heavy (non-hydrogen) atoms. The van der Waals surface area contributed by atoms with Crippen LogP contribution in [0, 0.1) is 0 Å². The average Bonchev–Trinajstić information content (AvgIpc) is 2.49. The number of benzene rings is 2. The van der Waals surface area contributed by atoms with Gasteiger partial charge < -0.3 is 10.1 Å². The van der Waals surface area contributed by atoms with E-state index in [0.717, 1.165) is 11.1 Å². The summed E-state index contributed by atoms with van der Waals surface area (Å²) >= 11 is 0. The molecule has 4 heteroatoms. The van der Waals surface area contributed by atoms with Gasteiger partial charge in [0.2, 0.25) is 0 Å². The van der Waals surface area contributed by atoms with E-state index in [9.17, 15) is 9.90 Å². The number of hydrogen-bond donors (Lipinski definition) is 2. The zero-order valence-electron chi connectivity index (χ0n) is 12.6. The highest BCUT2D eigenvalue weighted by molar-refractivity contribution is 5.78. The Balaban J connectivity index is 2.00. The van der Waals surface area contributed by atoms with Crippen molar-refractivity contribution in [1.29, 1.82) is 0 Å². The summed E-state index contributed by atoms with van der Waals surface area (Å²) in [6, 6.07) is 12.7. The van der Waals surface area contributed by atoms with E-state index in [0.29, 0.717) is 29.1 Å². The van der Waals surface area contributed by atoms with E-state index in [1.165, 1.54) is 0 Å². The van der Waals surface area contributed by atoms with E-state index >= 15 is 0 Å². The van der Waals surface area contributed by atoms with Gasteiger partial charge in [0.1, 0.15) is 11.6 Å². The van der Waals surface area contributed by atoms with E-state index in [-0.39, 0.29) is 11.3 Å². The maximum Gasteiger partial charge on any atom is 0.258 e. The lowest BCUT2D eigenvalue weighted by Crippen LogP contribution is -2.12. The molecule has 0 atom stereocenters. The third kappa shape index (κ3) is 2.86. The van der Waals surface area contributed by atoms with Crippen molar-refractivity contribution in [2.75, 3.05) is 0 Å². The Bertz CT molecular complexity index is 864. The number of nitrogens with one attached hydrogen (secondary N) is 1. The van der Waals surface area contributed by atoms with Gasteiger partial charge in [-0.25, -0.2) is 4.98 Å². The fourth-order valence-corrected chi connectivity index (χ4v) is 2.45. The smallest absolute Gasteiger partial charge is 0.258 e. The van der Waals surface area contributed by atoms with Gasteiger partial charge in [-0.1, -0.05) is 32.0 Å². The number of phenolic OH excluding ortho intramolecular Hbond substituents is 1. The van der Waals surface area contributed by atoms with Crippen molar-refractivity contribution in [3.05, 3.63) is 69.8 Å². The van der Waals surface area contributed by atoms with Gasteiger partial charge in [0.05, 0.1) is 10.9 Å². The molecule has 0 fully saturated rings. The minimum Gasteiger partial charge on any atom is -0.508 e. The van der Waals surface area contributed by atoms with Crippen LogP contribution in [-0.2, 0) is 6.42 Å². The van der Waals surface area contributed by atoms with E-state index in [1.54, 1.807) is 12.1 Å². The third-order valence-electron chi connectivity index (χ3n) is 3.75. The zero-order valence-corrected chi connectivity index (χ0v) is 12.6. The van der Waals surface area contributed by atoms with Crippen molar-refractivity contribution in [2.24, 2.45) is 0 Å². The number of aromatic nitrogens is 2. The van der Waals surface area contributed by atoms with Crippen LogP contribution in [0.1, 0.15) is 36.7 Å². The fraction of sp³-hybridized carbons (Fsp3) is 0.222. The summed E-state index contributed by atoms with van der Waals surface area (Å²) in [7, 11) is 0. The van der Waals surface area contributed by atoms with E-state index in [4.69, 9.17) is 0 Å². The molecule has 0 unspecified atom stereocenters. The first-order chi connectivity index (χ1) is 10.5. The first-order valence-corrected chi connectivity index (χ1v) is 7.33. The van der Waals surface area contributed by atoms with Crippen molar-refractivity contribution in [3.63, 3.8) is 0 Å².